The molecule has 0 radical (unpaired) electrons. The highest BCUT2D eigenvalue weighted by molar-refractivity contribution is 9.10. The predicted octanol–water partition coefficient (Wildman–Crippen LogP) is 5.59. The molecule has 1 atom stereocenters. The summed E-state index contributed by atoms with van der Waals surface area (Å²) in [5.41, 5.74) is 3.13. The third-order valence-electron chi connectivity index (χ3n) is 6.58. The Bertz CT molecular complexity index is 1390. The van der Waals surface area contributed by atoms with Gasteiger partial charge in [-0.25, -0.2) is 8.42 Å². The lowest BCUT2D eigenvalue weighted by Crippen LogP contribution is -2.51. The van der Waals surface area contributed by atoms with Gasteiger partial charge in [0.05, 0.1) is 10.6 Å². The van der Waals surface area contributed by atoms with Crippen molar-refractivity contribution >= 4 is 43.5 Å². The maximum absolute atomic E-state index is 14.0. The van der Waals surface area contributed by atoms with Gasteiger partial charge in [-0.05, 0) is 68.7 Å². The van der Waals surface area contributed by atoms with E-state index >= 15 is 0 Å². The highest BCUT2D eigenvalue weighted by Gasteiger charge is 2.32. The molecule has 0 spiro atoms. The standard InChI is InChI=1S/C30H36BrN3O4S/c1-5-6-18-32-30(36)24(4)33(20-25-11-8-7-10-23(25)3)29(35)21-34(27-13-9-12-26(31)19-27)39(37,38)28-16-14-22(2)15-17-28/h7-17,19,24H,5-6,18,20-21H2,1-4H3,(H,32,36)/t24-/m1/s1. The fourth-order valence-corrected chi connectivity index (χ4v) is 5.88. The number of anilines is 1. The van der Waals surface area contributed by atoms with Crippen molar-refractivity contribution in [1.29, 1.82) is 0 Å². The van der Waals surface area contributed by atoms with Crippen LogP contribution in [0.4, 0.5) is 5.69 Å². The second-order valence-corrected chi connectivity index (χ2v) is 12.4. The Kier molecular flexibility index (Phi) is 10.7. The van der Waals surface area contributed by atoms with Gasteiger partial charge in [-0.2, -0.15) is 0 Å². The van der Waals surface area contributed by atoms with E-state index in [1.54, 1.807) is 43.3 Å². The number of hydrogen-bond acceptors (Lipinski definition) is 4. The fraction of sp³-hybridized carbons (Fsp3) is 0.333. The number of aryl methyl sites for hydroxylation is 2. The van der Waals surface area contributed by atoms with Crippen molar-refractivity contribution in [3.8, 4) is 0 Å². The molecule has 0 aliphatic rings. The number of rotatable bonds is 12. The van der Waals surface area contributed by atoms with Gasteiger partial charge in [0, 0.05) is 17.6 Å². The van der Waals surface area contributed by atoms with Crippen LogP contribution in [0.1, 0.15) is 43.4 Å². The molecule has 0 fully saturated rings. The van der Waals surface area contributed by atoms with Crippen LogP contribution in [0.25, 0.3) is 0 Å². The Balaban J connectivity index is 2.01. The van der Waals surface area contributed by atoms with Crippen molar-refractivity contribution in [3.63, 3.8) is 0 Å². The monoisotopic (exact) mass is 613 g/mol. The van der Waals surface area contributed by atoms with Gasteiger partial charge in [-0.1, -0.05) is 77.3 Å². The Labute approximate surface area is 240 Å². The van der Waals surface area contributed by atoms with Crippen LogP contribution >= 0.6 is 15.9 Å². The van der Waals surface area contributed by atoms with Gasteiger partial charge in [-0.15, -0.1) is 0 Å². The van der Waals surface area contributed by atoms with E-state index in [1.807, 2.05) is 45.0 Å². The minimum absolute atomic E-state index is 0.0803. The van der Waals surface area contributed by atoms with Crippen LogP contribution in [0.15, 0.2) is 82.2 Å². The molecule has 0 aliphatic carbocycles. The van der Waals surface area contributed by atoms with Gasteiger partial charge >= 0.3 is 0 Å². The van der Waals surface area contributed by atoms with Crippen molar-refractivity contribution in [1.82, 2.24) is 10.2 Å². The molecule has 0 unspecified atom stereocenters. The summed E-state index contributed by atoms with van der Waals surface area (Å²) in [4.78, 5) is 28.5. The van der Waals surface area contributed by atoms with Crippen LogP contribution < -0.4 is 9.62 Å². The highest BCUT2D eigenvalue weighted by Crippen LogP contribution is 2.27. The van der Waals surface area contributed by atoms with Crippen molar-refractivity contribution in [3.05, 3.63) is 94.0 Å². The molecule has 0 bridgehead atoms. The number of carbonyl (C=O) groups excluding carboxylic acids is 2. The molecule has 0 saturated carbocycles. The lowest BCUT2D eigenvalue weighted by molar-refractivity contribution is -0.139. The zero-order chi connectivity index (χ0) is 28.6. The Morgan fingerprint density at radius 3 is 2.31 bits per heavy atom. The van der Waals surface area contributed by atoms with Gasteiger partial charge in [0.2, 0.25) is 11.8 Å². The molecule has 3 rings (SSSR count). The minimum Gasteiger partial charge on any atom is -0.354 e. The molecule has 39 heavy (non-hydrogen) atoms. The van der Waals surface area contributed by atoms with E-state index in [4.69, 9.17) is 0 Å². The number of halogens is 1. The van der Waals surface area contributed by atoms with Crippen LogP contribution in [0.3, 0.4) is 0 Å². The molecule has 3 aromatic carbocycles. The van der Waals surface area contributed by atoms with Crippen molar-refractivity contribution < 1.29 is 18.0 Å². The first-order chi connectivity index (χ1) is 18.5. The first kappa shape index (κ1) is 30.4. The average molecular weight is 615 g/mol. The van der Waals surface area contributed by atoms with Crippen molar-refractivity contribution in [2.75, 3.05) is 17.4 Å². The normalized spacial score (nSPS) is 12.0. The minimum atomic E-state index is -4.10. The quantitative estimate of drug-likeness (QED) is 0.270. The summed E-state index contributed by atoms with van der Waals surface area (Å²) in [6.45, 7) is 7.75. The van der Waals surface area contributed by atoms with E-state index in [-0.39, 0.29) is 17.3 Å². The van der Waals surface area contributed by atoms with Crippen LogP contribution in [0.5, 0.6) is 0 Å². The van der Waals surface area contributed by atoms with Crippen LogP contribution in [-0.4, -0.2) is 44.3 Å². The van der Waals surface area contributed by atoms with Gasteiger partial charge in [-0.3, -0.25) is 13.9 Å². The van der Waals surface area contributed by atoms with Crippen LogP contribution in [0, 0.1) is 13.8 Å². The zero-order valence-corrected chi connectivity index (χ0v) is 25.3. The number of sulfonamides is 1. The van der Waals surface area contributed by atoms with E-state index in [0.29, 0.717) is 16.7 Å². The molecule has 0 heterocycles. The topological polar surface area (TPSA) is 86.8 Å². The molecular formula is C30H36BrN3O4S. The second-order valence-electron chi connectivity index (χ2n) is 9.57. The van der Waals surface area contributed by atoms with Crippen molar-refractivity contribution in [2.24, 2.45) is 0 Å². The lowest BCUT2D eigenvalue weighted by atomic mass is 10.1. The number of hydrogen-bond donors (Lipinski definition) is 1. The Hall–Kier alpha value is -3.17. The summed E-state index contributed by atoms with van der Waals surface area (Å²) in [6, 6.07) is 20.2. The van der Waals surface area contributed by atoms with Crippen LogP contribution in [-0.2, 0) is 26.2 Å². The number of benzene rings is 3. The van der Waals surface area contributed by atoms with E-state index < -0.39 is 28.5 Å². The first-order valence-electron chi connectivity index (χ1n) is 13.0. The summed E-state index contributed by atoms with van der Waals surface area (Å²) >= 11 is 3.41. The lowest BCUT2D eigenvalue weighted by Gasteiger charge is -2.32. The van der Waals surface area contributed by atoms with Crippen LogP contribution in [0.2, 0.25) is 0 Å². The molecule has 7 nitrogen and oxygen atoms in total. The van der Waals surface area contributed by atoms with Gasteiger partial charge in [0.1, 0.15) is 12.6 Å². The second kappa shape index (κ2) is 13.8. The van der Waals surface area contributed by atoms with Crippen molar-refractivity contribution in [2.45, 2.75) is 58.0 Å². The Morgan fingerprint density at radius 1 is 0.974 bits per heavy atom. The third-order valence-corrected chi connectivity index (χ3v) is 8.86. The molecule has 208 valence electrons. The summed E-state index contributed by atoms with van der Waals surface area (Å²) < 4.78 is 29.5. The average Bonchev–Trinajstić information content (AvgIpc) is 2.91. The van der Waals surface area contributed by atoms with E-state index in [9.17, 15) is 18.0 Å². The first-order valence-corrected chi connectivity index (χ1v) is 15.2. The number of carbonyl (C=O) groups is 2. The summed E-state index contributed by atoms with van der Waals surface area (Å²) in [7, 11) is -4.10. The van der Waals surface area contributed by atoms with Gasteiger partial charge in [0.25, 0.3) is 10.0 Å². The molecule has 1 N–H and O–H groups in total. The summed E-state index contributed by atoms with van der Waals surface area (Å²) in [5.74, 6) is -0.757. The van der Waals surface area contributed by atoms with Gasteiger partial charge < -0.3 is 10.2 Å². The third kappa shape index (κ3) is 7.92. The van der Waals surface area contributed by atoms with E-state index in [2.05, 4.69) is 21.2 Å². The SMILES string of the molecule is CCCCNC(=O)[C@@H](C)N(Cc1ccccc1C)C(=O)CN(c1cccc(Br)c1)S(=O)(=O)c1ccc(C)cc1. The molecule has 0 saturated heterocycles. The maximum atomic E-state index is 14.0. The van der Waals surface area contributed by atoms with Gasteiger partial charge in [0.15, 0.2) is 0 Å². The van der Waals surface area contributed by atoms with E-state index in [0.717, 1.165) is 33.8 Å². The molecule has 3 aromatic rings. The molecular weight excluding hydrogens is 578 g/mol. The number of nitrogens with zero attached hydrogens (tertiary/aromatic N) is 2. The van der Waals surface area contributed by atoms with E-state index in [1.165, 1.54) is 17.0 Å². The fourth-order valence-electron chi connectivity index (χ4n) is 4.09. The largest absolute Gasteiger partial charge is 0.354 e. The molecule has 0 aromatic heterocycles. The summed E-state index contributed by atoms with van der Waals surface area (Å²) in [6.07, 6.45) is 1.76. The smallest absolute Gasteiger partial charge is 0.264 e. The predicted molar refractivity (Wildman–Crippen MR) is 159 cm³/mol. The molecule has 2 amide bonds. The zero-order valence-electron chi connectivity index (χ0n) is 22.9. The number of amides is 2. The maximum Gasteiger partial charge on any atom is 0.264 e. The number of unbranched alkanes of at least 4 members (excludes halogenated alkanes) is 1. The summed E-state index contributed by atoms with van der Waals surface area (Å²) in [5, 5.41) is 2.90. The Morgan fingerprint density at radius 2 is 1.67 bits per heavy atom. The highest BCUT2D eigenvalue weighted by atomic mass is 79.9. The number of nitrogens with one attached hydrogen (secondary N) is 1. The molecule has 0 aliphatic heterocycles. The molecule has 9 heteroatoms.